The van der Waals surface area contributed by atoms with Crippen LogP contribution in [0.15, 0.2) is 48.5 Å². The first-order valence-electron chi connectivity index (χ1n) is 11.0. The van der Waals surface area contributed by atoms with E-state index in [1.54, 1.807) is 0 Å². The van der Waals surface area contributed by atoms with Gasteiger partial charge in [-0.3, -0.25) is 9.80 Å². The summed E-state index contributed by atoms with van der Waals surface area (Å²) in [6.45, 7) is 6.05. The molecule has 0 aliphatic heterocycles. The fraction of sp³-hybridized carbons (Fsp3) is 0.417. The predicted molar refractivity (Wildman–Crippen MR) is 130 cm³/mol. The van der Waals surface area contributed by atoms with E-state index in [1.165, 1.54) is 24.3 Å². The van der Waals surface area contributed by atoms with Gasteiger partial charge in [0.15, 0.2) is 13.3 Å². The quantitative estimate of drug-likeness (QED) is 0.172. The van der Waals surface area contributed by atoms with Crippen molar-refractivity contribution < 1.29 is 42.3 Å². The summed E-state index contributed by atoms with van der Waals surface area (Å²) >= 11 is -0.106. The van der Waals surface area contributed by atoms with Crippen molar-refractivity contribution in [1.29, 1.82) is 0 Å². The summed E-state index contributed by atoms with van der Waals surface area (Å²) in [6.07, 6.45) is -4.96. The van der Waals surface area contributed by atoms with Gasteiger partial charge in [-0.1, -0.05) is 12.8 Å². The van der Waals surface area contributed by atoms with Crippen molar-refractivity contribution >= 4 is 30.4 Å². The van der Waals surface area contributed by atoms with Crippen molar-refractivity contribution in [1.82, 2.24) is 9.80 Å². The van der Waals surface area contributed by atoms with Crippen molar-refractivity contribution in [3.05, 3.63) is 73.0 Å². The van der Waals surface area contributed by atoms with Crippen LogP contribution in [0.1, 0.15) is 36.8 Å². The molecule has 0 heterocycles. The molecule has 0 bridgehead atoms. The molecule has 2 N–H and O–H groups in total. The zero-order valence-corrected chi connectivity index (χ0v) is 22.9. The Bertz CT molecular complexity index is 853. The number of anilines is 2. The molecule has 3 rings (SSSR count). The molecule has 2 atom stereocenters. The Kier molecular flexibility index (Phi) is 12.8. The van der Waals surface area contributed by atoms with Gasteiger partial charge in [0.2, 0.25) is 0 Å². The fourth-order valence-electron chi connectivity index (χ4n) is 3.95. The summed E-state index contributed by atoms with van der Waals surface area (Å²) in [5.74, 6) is 0. The van der Waals surface area contributed by atoms with Crippen LogP contribution in [0.5, 0.6) is 0 Å². The molecular weight excluding hydrogens is 636 g/mol. The van der Waals surface area contributed by atoms with Crippen LogP contribution in [0, 0.1) is 13.3 Å². The second kappa shape index (κ2) is 14.8. The maximum atomic E-state index is 12.7. The van der Waals surface area contributed by atoms with Gasteiger partial charge >= 0.3 is 47.4 Å². The average molecular weight is 662 g/mol. The van der Waals surface area contributed by atoms with E-state index < -0.39 is 23.5 Å². The van der Waals surface area contributed by atoms with Gasteiger partial charge in [-0.05, 0) is 75.5 Å². The average Bonchev–Trinajstić information content (AvgIpc) is 2.86. The summed E-state index contributed by atoms with van der Waals surface area (Å²) in [7, 11) is 13.3. The summed E-state index contributed by atoms with van der Waals surface area (Å²) in [6, 6.07) is 9.57. The zero-order valence-electron chi connectivity index (χ0n) is 19.8. The van der Waals surface area contributed by atoms with Gasteiger partial charge in [0, 0.05) is 23.5 Å². The summed E-state index contributed by atoms with van der Waals surface area (Å²) in [4.78, 5) is 3.75. The van der Waals surface area contributed by atoms with Crippen LogP contribution in [0.4, 0.5) is 37.7 Å². The number of alkyl halides is 6. The van der Waals surface area contributed by atoms with Crippen molar-refractivity contribution in [3.63, 3.8) is 0 Å². The molecule has 4 nitrogen and oxygen atoms in total. The van der Waals surface area contributed by atoms with E-state index in [0.717, 1.165) is 49.9 Å². The summed E-state index contributed by atoms with van der Waals surface area (Å²) < 4.78 is 76.4. The van der Waals surface area contributed by atoms with Gasteiger partial charge in [0.05, 0.1) is 11.1 Å². The molecule has 0 amide bonds. The molecule has 0 unspecified atom stereocenters. The molecule has 0 aromatic heterocycles. The van der Waals surface area contributed by atoms with Gasteiger partial charge in [-0.25, -0.2) is 0 Å². The van der Waals surface area contributed by atoms with Crippen molar-refractivity contribution in [3.8, 4) is 0 Å². The molecule has 1 aliphatic carbocycles. The second-order valence-electron chi connectivity index (χ2n) is 8.31. The number of halogens is 8. The first-order valence-corrected chi connectivity index (χ1v) is 15.0. The van der Waals surface area contributed by atoms with Crippen molar-refractivity contribution in [2.24, 2.45) is 0 Å². The normalized spacial score (nSPS) is 18.5. The molecular formula is C24H26Cl2F6N4Pd. The molecule has 13 heteroatoms. The number of hydrogen-bond acceptors (Lipinski definition) is 4. The number of nitrogens with one attached hydrogen (secondary N) is 2. The van der Waals surface area contributed by atoms with E-state index in [-0.39, 0.29) is 28.0 Å². The van der Waals surface area contributed by atoms with E-state index in [1.807, 2.05) is 23.9 Å². The van der Waals surface area contributed by atoms with Crippen LogP contribution in [0.25, 0.3) is 0 Å². The van der Waals surface area contributed by atoms with E-state index in [0.29, 0.717) is 11.4 Å². The van der Waals surface area contributed by atoms with Crippen LogP contribution in [0.2, 0.25) is 0 Å². The Morgan fingerprint density at radius 1 is 0.703 bits per heavy atom. The van der Waals surface area contributed by atoms with Crippen molar-refractivity contribution in [2.75, 3.05) is 24.7 Å². The zero-order chi connectivity index (χ0) is 27.6. The Morgan fingerprint density at radius 3 is 1.27 bits per heavy atom. The molecule has 0 saturated heterocycles. The Labute approximate surface area is 229 Å². The molecule has 37 heavy (non-hydrogen) atoms. The third-order valence-electron chi connectivity index (χ3n) is 5.87. The van der Waals surface area contributed by atoms with Crippen LogP contribution in [-0.2, 0) is 28.3 Å². The number of benzene rings is 2. The van der Waals surface area contributed by atoms with Gasteiger partial charge in [-0.2, -0.15) is 26.3 Å². The molecule has 2 aromatic rings. The SMILES string of the molecule is CN([C]Nc1ccc(C(F)(F)F)cc1)[C@@H]1CCCC[C@H]1N(C)[C]Nc1ccc(C(F)(F)F)cc1.[Cl][Pd][Cl]. The Hall–Kier alpha value is -1.22. The van der Waals surface area contributed by atoms with Gasteiger partial charge < -0.3 is 10.6 Å². The third kappa shape index (κ3) is 10.5. The molecule has 208 valence electrons. The minimum absolute atomic E-state index is 0.0580. The number of hydrogen-bond donors (Lipinski definition) is 2. The number of likely N-dealkylation sites (N-methyl/N-ethyl adjacent to an activating group) is 2. The predicted octanol–water partition coefficient (Wildman–Crippen LogP) is 7.79. The molecule has 1 aliphatic rings. The Morgan fingerprint density at radius 2 is 1.00 bits per heavy atom. The molecule has 4 radical (unpaired) electrons. The molecule has 1 fully saturated rings. The molecule has 1 saturated carbocycles. The summed E-state index contributed by atoms with van der Waals surface area (Å²) in [5, 5.41) is 5.83. The maximum absolute atomic E-state index is 12.7. The van der Waals surface area contributed by atoms with E-state index >= 15 is 0 Å². The minimum atomic E-state index is -4.38. The number of nitrogens with zero attached hydrogens (tertiary/aromatic N) is 2. The van der Waals surface area contributed by atoms with Crippen LogP contribution < -0.4 is 10.6 Å². The molecule has 0 spiro atoms. The van der Waals surface area contributed by atoms with Crippen molar-refractivity contribution in [2.45, 2.75) is 50.1 Å². The van der Waals surface area contributed by atoms with E-state index in [2.05, 4.69) is 24.0 Å². The van der Waals surface area contributed by atoms with Gasteiger partial charge in [0.25, 0.3) is 0 Å². The van der Waals surface area contributed by atoms with Gasteiger partial charge in [0.1, 0.15) is 0 Å². The fourth-order valence-corrected chi connectivity index (χ4v) is 3.95. The first-order chi connectivity index (χ1) is 17.4. The van der Waals surface area contributed by atoms with E-state index in [4.69, 9.17) is 19.1 Å². The van der Waals surface area contributed by atoms with Crippen LogP contribution in [-0.4, -0.2) is 36.0 Å². The van der Waals surface area contributed by atoms with E-state index in [9.17, 15) is 26.3 Å². The van der Waals surface area contributed by atoms with Crippen LogP contribution >= 0.6 is 19.1 Å². The second-order valence-corrected chi connectivity index (χ2v) is 10.7. The van der Waals surface area contributed by atoms with Crippen LogP contribution in [0.3, 0.4) is 0 Å². The topological polar surface area (TPSA) is 30.5 Å². The third-order valence-corrected chi connectivity index (χ3v) is 5.87. The first kappa shape index (κ1) is 32.0. The summed E-state index contributed by atoms with van der Waals surface area (Å²) in [5.41, 5.74) is -0.454. The van der Waals surface area contributed by atoms with Gasteiger partial charge in [-0.15, -0.1) is 0 Å². The standard InChI is InChI=1S/C24H26F6N4.2ClH.Pd/c1-33(15-31-19-11-7-17(8-12-19)23(25,26)27)21-5-3-4-6-22(21)34(2)16-32-20-13-9-18(10-14-20)24(28,29)30;;;/h7-14,21-22,31-32H,3-6H2,1-2H3;2*1H;/q;;;+2/p-2/t21-,22-;;;/m1.../s1. The monoisotopic (exact) mass is 660 g/mol. The Balaban J connectivity index is 0.00000153. The number of rotatable bonds is 8. The molecule has 2 aromatic carbocycles.